The molecule has 0 atom stereocenters. The highest BCUT2D eigenvalue weighted by Gasteiger charge is 2.41. The van der Waals surface area contributed by atoms with Crippen molar-refractivity contribution in [2.45, 2.75) is 32.0 Å². The van der Waals surface area contributed by atoms with E-state index in [9.17, 15) is 4.79 Å². The number of hydrogen-bond donors (Lipinski definition) is 0. The van der Waals surface area contributed by atoms with Crippen molar-refractivity contribution < 1.29 is 14.3 Å². The smallest absolute Gasteiger partial charge is 0.257 e. The monoisotopic (exact) mass is 279 g/mol. The second kappa shape index (κ2) is 5.18. The van der Waals surface area contributed by atoms with Crippen molar-refractivity contribution in [3.63, 3.8) is 0 Å². The summed E-state index contributed by atoms with van der Waals surface area (Å²) >= 11 is 0. The number of nitrogens with zero attached hydrogens (tertiary/aromatic N) is 3. The number of carbonyl (C=O) groups is 1. The minimum atomic E-state index is -0.431. The van der Waals surface area contributed by atoms with Crippen LogP contribution in [0.25, 0.3) is 0 Å². The summed E-state index contributed by atoms with van der Waals surface area (Å²) in [6, 6.07) is 0. The first-order chi connectivity index (χ1) is 9.63. The van der Waals surface area contributed by atoms with Gasteiger partial charge in [-0.2, -0.15) is 5.10 Å². The maximum Gasteiger partial charge on any atom is 0.257 e. The number of aryl methyl sites for hydroxylation is 2. The van der Waals surface area contributed by atoms with E-state index >= 15 is 0 Å². The Morgan fingerprint density at radius 3 is 2.60 bits per heavy atom. The molecule has 2 fully saturated rings. The van der Waals surface area contributed by atoms with Gasteiger partial charge in [-0.05, 0) is 6.42 Å². The molecule has 0 aliphatic carbocycles. The van der Waals surface area contributed by atoms with Crippen molar-refractivity contribution in [3.8, 4) is 0 Å². The molecule has 2 aliphatic heterocycles. The van der Waals surface area contributed by atoms with E-state index in [-0.39, 0.29) is 5.91 Å². The molecule has 1 spiro atoms. The molecular formula is C14H21N3O3. The first-order valence-electron chi connectivity index (χ1n) is 7.23. The van der Waals surface area contributed by atoms with Crippen LogP contribution >= 0.6 is 0 Å². The Kier molecular flexibility index (Phi) is 3.52. The van der Waals surface area contributed by atoms with Crippen LogP contribution in [-0.4, -0.2) is 52.7 Å². The highest BCUT2D eigenvalue weighted by Crippen LogP contribution is 2.31. The van der Waals surface area contributed by atoms with Gasteiger partial charge in [-0.3, -0.25) is 9.48 Å². The molecule has 1 amide bonds. The van der Waals surface area contributed by atoms with E-state index in [1.165, 1.54) is 0 Å². The van der Waals surface area contributed by atoms with Gasteiger partial charge in [0.25, 0.3) is 5.91 Å². The quantitative estimate of drug-likeness (QED) is 0.809. The molecular weight excluding hydrogens is 258 g/mol. The Bertz CT molecular complexity index is 496. The number of rotatable bonds is 2. The van der Waals surface area contributed by atoms with Crippen LogP contribution in [0.15, 0.2) is 6.20 Å². The summed E-state index contributed by atoms with van der Waals surface area (Å²) in [5, 5.41) is 4.34. The zero-order chi connectivity index (χ0) is 14.2. The molecule has 0 bridgehead atoms. The van der Waals surface area contributed by atoms with Crippen LogP contribution in [-0.2, 0) is 22.9 Å². The highest BCUT2D eigenvalue weighted by atomic mass is 16.7. The second-order valence-corrected chi connectivity index (χ2v) is 5.42. The number of carbonyl (C=O) groups excluding carboxylic acids is 1. The van der Waals surface area contributed by atoms with E-state index in [0.29, 0.717) is 26.3 Å². The summed E-state index contributed by atoms with van der Waals surface area (Å²) in [5.41, 5.74) is 1.59. The lowest BCUT2D eigenvalue weighted by Gasteiger charge is -2.37. The van der Waals surface area contributed by atoms with Gasteiger partial charge in [0, 0.05) is 39.2 Å². The average Bonchev–Trinajstić information content (AvgIpc) is 3.06. The summed E-state index contributed by atoms with van der Waals surface area (Å²) in [6.07, 6.45) is 4.08. The van der Waals surface area contributed by atoms with Crippen LogP contribution in [0, 0.1) is 0 Å². The molecule has 1 aromatic heterocycles. The lowest BCUT2D eigenvalue weighted by atomic mass is 10.0. The predicted octanol–water partition coefficient (Wildman–Crippen LogP) is 0.962. The molecule has 2 saturated heterocycles. The van der Waals surface area contributed by atoms with Crippen LogP contribution < -0.4 is 0 Å². The fraction of sp³-hybridized carbons (Fsp3) is 0.714. The summed E-state index contributed by atoms with van der Waals surface area (Å²) < 4.78 is 13.1. The standard InChI is InChI=1S/C14H21N3O3/c1-3-12-11(10-16(2)15-12)13(18)17-6-4-14(5-7-17)19-8-9-20-14/h10H,3-9H2,1-2H3. The average molecular weight is 279 g/mol. The van der Waals surface area contributed by atoms with Crippen molar-refractivity contribution in [3.05, 3.63) is 17.5 Å². The van der Waals surface area contributed by atoms with Crippen LogP contribution in [0.1, 0.15) is 35.8 Å². The minimum absolute atomic E-state index is 0.0720. The first kappa shape index (κ1) is 13.6. The molecule has 3 heterocycles. The number of ether oxygens (including phenoxy) is 2. The minimum Gasteiger partial charge on any atom is -0.347 e. The molecule has 20 heavy (non-hydrogen) atoms. The van der Waals surface area contributed by atoms with E-state index < -0.39 is 5.79 Å². The van der Waals surface area contributed by atoms with E-state index in [0.717, 1.165) is 30.5 Å². The molecule has 110 valence electrons. The third kappa shape index (κ3) is 2.33. The molecule has 3 rings (SSSR count). The molecule has 0 aromatic carbocycles. The molecule has 0 N–H and O–H groups in total. The van der Waals surface area contributed by atoms with Crippen molar-refractivity contribution in [1.82, 2.24) is 14.7 Å². The fourth-order valence-electron chi connectivity index (χ4n) is 2.98. The molecule has 6 nitrogen and oxygen atoms in total. The van der Waals surface area contributed by atoms with Crippen molar-refractivity contribution >= 4 is 5.91 Å². The van der Waals surface area contributed by atoms with Crippen LogP contribution in [0.2, 0.25) is 0 Å². The van der Waals surface area contributed by atoms with Gasteiger partial charge in [-0.25, -0.2) is 0 Å². The number of amides is 1. The van der Waals surface area contributed by atoms with Gasteiger partial charge in [-0.15, -0.1) is 0 Å². The zero-order valence-electron chi connectivity index (χ0n) is 12.1. The van der Waals surface area contributed by atoms with Gasteiger partial charge < -0.3 is 14.4 Å². The number of hydrogen-bond acceptors (Lipinski definition) is 4. The third-order valence-corrected chi connectivity index (χ3v) is 4.10. The molecule has 6 heteroatoms. The van der Waals surface area contributed by atoms with E-state index in [1.807, 2.05) is 25.1 Å². The lowest BCUT2D eigenvalue weighted by molar-refractivity contribution is -0.181. The van der Waals surface area contributed by atoms with Crippen LogP contribution in [0.4, 0.5) is 0 Å². The summed E-state index contributed by atoms with van der Waals surface area (Å²) in [7, 11) is 1.85. The molecule has 0 radical (unpaired) electrons. The lowest BCUT2D eigenvalue weighted by Crippen LogP contribution is -2.47. The van der Waals surface area contributed by atoms with Crippen LogP contribution in [0.3, 0.4) is 0 Å². The number of likely N-dealkylation sites (tertiary alicyclic amines) is 1. The highest BCUT2D eigenvalue weighted by molar-refractivity contribution is 5.95. The number of aromatic nitrogens is 2. The zero-order valence-corrected chi connectivity index (χ0v) is 12.1. The predicted molar refractivity (Wildman–Crippen MR) is 72.4 cm³/mol. The molecule has 0 saturated carbocycles. The topological polar surface area (TPSA) is 56.6 Å². The van der Waals surface area contributed by atoms with Gasteiger partial charge >= 0.3 is 0 Å². The molecule has 2 aliphatic rings. The Labute approximate surface area is 118 Å². The van der Waals surface area contributed by atoms with E-state index in [2.05, 4.69) is 5.10 Å². The normalized spacial score (nSPS) is 21.6. The summed E-state index contributed by atoms with van der Waals surface area (Å²) in [4.78, 5) is 14.5. The SMILES string of the molecule is CCc1nn(C)cc1C(=O)N1CCC2(CC1)OCCO2. The van der Waals surface area contributed by atoms with Gasteiger partial charge in [0.1, 0.15) is 0 Å². The Balaban J connectivity index is 1.69. The Hall–Kier alpha value is -1.40. The largest absolute Gasteiger partial charge is 0.347 e. The molecule has 1 aromatic rings. The maximum absolute atomic E-state index is 12.6. The van der Waals surface area contributed by atoms with Gasteiger partial charge in [0.15, 0.2) is 5.79 Å². The van der Waals surface area contributed by atoms with Gasteiger partial charge in [0.05, 0.1) is 24.5 Å². The van der Waals surface area contributed by atoms with Crippen molar-refractivity contribution in [2.75, 3.05) is 26.3 Å². The van der Waals surface area contributed by atoms with Crippen molar-refractivity contribution in [1.29, 1.82) is 0 Å². The summed E-state index contributed by atoms with van der Waals surface area (Å²) in [5.74, 6) is -0.359. The molecule has 0 unspecified atom stereocenters. The fourth-order valence-corrected chi connectivity index (χ4v) is 2.98. The maximum atomic E-state index is 12.6. The third-order valence-electron chi connectivity index (χ3n) is 4.10. The van der Waals surface area contributed by atoms with E-state index in [4.69, 9.17) is 9.47 Å². The Morgan fingerprint density at radius 2 is 2.00 bits per heavy atom. The second-order valence-electron chi connectivity index (χ2n) is 5.42. The van der Waals surface area contributed by atoms with Gasteiger partial charge in [0.2, 0.25) is 0 Å². The Morgan fingerprint density at radius 1 is 1.35 bits per heavy atom. The van der Waals surface area contributed by atoms with Crippen molar-refractivity contribution in [2.24, 2.45) is 7.05 Å². The van der Waals surface area contributed by atoms with Crippen LogP contribution in [0.5, 0.6) is 0 Å². The number of piperidine rings is 1. The summed E-state index contributed by atoms with van der Waals surface area (Å²) in [6.45, 7) is 4.70. The van der Waals surface area contributed by atoms with E-state index in [1.54, 1.807) is 4.68 Å². The first-order valence-corrected chi connectivity index (χ1v) is 7.23. The van der Waals surface area contributed by atoms with Gasteiger partial charge in [-0.1, -0.05) is 6.92 Å².